The second-order valence-corrected chi connectivity index (χ2v) is 7.91. The van der Waals surface area contributed by atoms with Gasteiger partial charge in [-0.3, -0.25) is 9.59 Å². The molecule has 0 aliphatic carbocycles. The van der Waals surface area contributed by atoms with Crippen molar-refractivity contribution in [3.63, 3.8) is 0 Å². The van der Waals surface area contributed by atoms with Gasteiger partial charge >= 0.3 is 11.9 Å². The van der Waals surface area contributed by atoms with E-state index in [2.05, 4.69) is 0 Å². The van der Waals surface area contributed by atoms with Gasteiger partial charge in [-0.15, -0.1) is 0 Å². The zero-order valence-corrected chi connectivity index (χ0v) is 15.4. The summed E-state index contributed by atoms with van der Waals surface area (Å²) in [6.07, 6.45) is 2.80. The van der Waals surface area contributed by atoms with E-state index in [0.29, 0.717) is 18.8 Å². The van der Waals surface area contributed by atoms with Gasteiger partial charge in [0.25, 0.3) is 0 Å². The Hall–Kier alpha value is -1.14. The van der Waals surface area contributed by atoms with Gasteiger partial charge in [-0.2, -0.15) is 23.5 Å². The van der Waals surface area contributed by atoms with Gasteiger partial charge in [-0.1, -0.05) is 30.3 Å². The Bertz CT molecular complexity index is 481. The summed E-state index contributed by atoms with van der Waals surface area (Å²) in [5, 5.41) is 0. The summed E-state index contributed by atoms with van der Waals surface area (Å²) in [4.78, 5) is 24.8. The second kappa shape index (κ2) is 11.4. The van der Waals surface area contributed by atoms with Gasteiger partial charge in [0.15, 0.2) is 5.92 Å². The predicted octanol–water partition coefficient (Wildman–Crippen LogP) is 3.51. The molecule has 1 aromatic carbocycles. The zero-order chi connectivity index (χ0) is 17.0. The first-order valence-electron chi connectivity index (χ1n) is 8.33. The van der Waals surface area contributed by atoms with Crippen LogP contribution in [-0.2, 0) is 19.1 Å². The third-order valence-electron chi connectivity index (χ3n) is 3.54. The van der Waals surface area contributed by atoms with Gasteiger partial charge in [0.2, 0.25) is 0 Å². The number of ether oxygens (including phenoxy) is 2. The van der Waals surface area contributed by atoms with Crippen LogP contribution >= 0.6 is 23.5 Å². The molecule has 0 radical (unpaired) electrons. The highest BCUT2D eigenvalue weighted by Gasteiger charge is 2.31. The summed E-state index contributed by atoms with van der Waals surface area (Å²) in [5.74, 6) is 2.21. The van der Waals surface area contributed by atoms with Gasteiger partial charge < -0.3 is 9.47 Å². The quantitative estimate of drug-likeness (QED) is 0.558. The van der Waals surface area contributed by atoms with Crippen LogP contribution in [0.4, 0.5) is 0 Å². The molecule has 0 unspecified atom stereocenters. The lowest BCUT2D eigenvalue weighted by Gasteiger charge is -2.16. The van der Waals surface area contributed by atoms with E-state index in [0.717, 1.165) is 35.9 Å². The summed E-state index contributed by atoms with van der Waals surface area (Å²) in [7, 11) is 0. The van der Waals surface area contributed by atoms with Crippen LogP contribution in [0.1, 0.15) is 30.7 Å². The lowest BCUT2D eigenvalue weighted by atomic mass is 9.99. The van der Waals surface area contributed by atoms with E-state index < -0.39 is 17.9 Å². The Kier molecular flexibility index (Phi) is 9.13. The van der Waals surface area contributed by atoms with Crippen molar-refractivity contribution in [1.29, 1.82) is 0 Å². The molecule has 0 bridgehead atoms. The van der Waals surface area contributed by atoms with Crippen molar-refractivity contribution in [2.45, 2.75) is 25.2 Å². The molecule has 132 valence electrons. The van der Waals surface area contributed by atoms with Crippen LogP contribution in [0.2, 0.25) is 0 Å². The molecular formula is C18H24O4S2. The van der Waals surface area contributed by atoms with Crippen LogP contribution in [0.15, 0.2) is 30.3 Å². The fraction of sp³-hybridized carbons (Fsp3) is 0.556. The topological polar surface area (TPSA) is 52.6 Å². The molecule has 6 heteroatoms. The van der Waals surface area contributed by atoms with Gasteiger partial charge in [0.1, 0.15) is 0 Å². The van der Waals surface area contributed by atoms with Crippen molar-refractivity contribution in [3.8, 4) is 0 Å². The number of rotatable bonds is 1. The fourth-order valence-corrected chi connectivity index (χ4v) is 4.25. The molecule has 0 N–H and O–H groups in total. The molecule has 0 spiro atoms. The van der Waals surface area contributed by atoms with Crippen LogP contribution in [0, 0.1) is 0 Å². The smallest absolute Gasteiger partial charge is 0.324 e. The van der Waals surface area contributed by atoms with E-state index in [1.807, 2.05) is 41.7 Å². The van der Waals surface area contributed by atoms with Crippen molar-refractivity contribution in [2.75, 3.05) is 36.2 Å². The molecule has 1 aliphatic heterocycles. The highest BCUT2D eigenvalue weighted by molar-refractivity contribution is 8.00. The Balaban J connectivity index is 2.00. The van der Waals surface area contributed by atoms with Crippen LogP contribution in [-0.4, -0.2) is 48.2 Å². The molecule has 1 aromatic rings. The molecular weight excluding hydrogens is 344 g/mol. The van der Waals surface area contributed by atoms with Gasteiger partial charge in [0.05, 0.1) is 13.2 Å². The predicted molar refractivity (Wildman–Crippen MR) is 99.6 cm³/mol. The molecule has 4 nitrogen and oxygen atoms in total. The third-order valence-corrected chi connectivity index (χ3v) is 5.85. The van der Waals surface area contributed by atoms with Crippen molar-refractivity contribution >= 4 is 35.5 Å². The van der Waals surface area contributed by atoms with Gasteiger partial charge in [0, 0.05) is 0 Å². The number of benzene rings is 1. The van der Waals surface area contributed by atoms with Crippen molar-refractivity contribution in [3.05, 3.63) is 35.9 Å². The normalized spacial score (nSPS) is 20.2. The highest BCUT2D eigenvalue weighted by Crippen LogP contribution is 2.20. The second-order valence-electron chi connectivity index (χ2n) is 5.46. The van der Waals surface area contributed by atoms with Crippen LogP contribution in [0.5, 0.6) is 0 Å². The van der Waals surface area contributed by atoms with Crippen LogP contribution in [0.3, 0.4) is 0 Å². The monoisotopic (exact) mass is 368 g/mol. The van der Waals surface area contributed by atoms with Crippen LogP contribution in [0.25, 0.3) is 0 Å². The minimum Gasteiger partial charge on any atom is -0.465 e. The molecule has 1 fully saturated rings. The molecule has 24 heavy (non-hydrogen) atoms. The average molecular weight is 369 g/mol. The molecule has 0 saturated carbocycles. The highest BCUT2D eigenvalue weighted by atomic mass is 32.2. The van der Waals surface area contributed by atoms with Gasteiger partial charge in [-0.25, -0.2) is 0 Å². The number of hydrogen-bond donors (Lipinski definition) is 0. The van der Waals surface area contributed by atoms with E-state index in [4.69, 9.17) is 9.47 Å². The molecule has 1 saturated heterocycles. The lowest BCUT2D eigenvalue weighted by Crippen LogP contribution is -2.27. The summed E-state index contributed by atoms with van der Waals surface area (Å²) in [6.45, 7) is 0.689. The summed E-state index contributed by atoms with van der Waals surface area (Å²) < 4.78 is 10.6. The maximum atomic E-state index is 12.4. The first-order valence-corrected chi connectivity index (χ1v) is 10.6. The number of carbonyl (C=O) groups is 2. The standard InChI is InChI=1S/C18H24O4S2/c19-17-16(15-7-2-1-3-8-15)18(20)22-10-5-12-24-14-6-13-23-11-4-9-21-17/h1-3,7-8,16H,4-6,9-14H2. The fourth-order valence-electron chi connectivity index (χ4n) is 2.32. The summed E-state index contributed by atoms with van der Waals surface area (Å²) in [6, 6.07) is 8.99. The van der Waals surface area contributed by atoms with E-state index in [-0.39, 0.29) is 0 Å². The average Bonchev–Trinajstić information content (AvgIpc) is 2.59. The molecule has 0 aromatic heterocycles. The molecule has 0 amide bonds. The SMILES string of the molecule is O=C1OCCCSCCCSCCCOC(=O)C1c1ccccc1. The Morgan fingerprint density at radius 1 is 0.750 bits per heavy atom. The number of hydrogen-bond acceptors (Lipinski definition) is 6. The first-order chi connectivity index (χ1) is 11.8. The number of cyclic esters (lactones) is 2. The maximum Gasteiger partial charge on any atom is 0.324 e. The number of esters is 2. The molecule has 1 aliphatic rings. The largest absolute Gasteiger partial charge is 0.465 e. The van der Waals surface area contributed by atoms with Crippen LogP contribution < -0.4 is 0 Å². The van der Waals surface area contributed by atoms with Crippen molar-refractivity contribution < 1.29 is 19.1 Å². The Labute approximate surface area is 152 Å². The minimum atomic E-state index is -0.987. The third kappa shape index (κ3) is 6.77. The van der Waals surface area contributed by atoms with E-state index in [1.54, 1.807) is 12.1 Å². The van der Waals surface area contributed by atoms with E-state index in [1.165, 1.54) is 6.42 Å². The zero-order valence-electron chi connectivity index (χ0n) is 13.8. The summed E-state index contributed by atoms with van der Waals surface area (Å²) in [5.41, 5.74) is 0.623. The molecule has 1 heterocycles. The number of carbonyl (C=O) groups excluding carboxylic acids is 2. The number of thioether (sulfide) groups is 2. The Morgan fingerprint density at radius 3 is 1.79 bits per heavy atom. The first kappa shape index (κ1) is 19.2. The Morgan fingerprint density at radius 2 is 1.25 bits per heavy atom. The summed E-state index contributed by atoms with van der Waals surface area (Å²) >= 11 is 3.78. The van der Waals surface area contributed by atoms with Gasteiger partial charge in [-0.05, 0) is 47.8 Å². The molecule has 2 rings (SSSR count). The van der Waals surface area contributed by atoms with E-state index >= 15 is 0 Å². The molecule has 0 atom stereocenters. The lowest BCUT2D eigenvalue weighted by molar-refractivity contribution is -0.157. The van der Waals surface area contributed by atoms with Crippen molar-refractivity contribution in [2.24, 2.45) is 0 Å². The minimum absolute atomic E-state index is 0.344. The van der Waals surface area contributed by atoms with Crippen molar-refractivity contribution in [1.82, 2.24) is 0 Å². The van der Waals surface area contributed by atoms with E-state index in [9.17, 15) is 9.59 Å². The maximum absolute atomic E-state index is 12.4.